The number of amides is 1. The Kier molecular flexibility index (Phi) is 6.90. The quantitative estimate of drug-likeness (QED) is 0.430. The first-order chi connectivity index (χ1) is 16.7. The summed E-state index contributed by atoms with van der Waals surface area (Å²) < 4.78 is 44.5. The fourth-order valence-electron chi connectivity index (χ4n) is 4.25. The number of carbonyl (C=O) groups is 2. The highest BCUT2D eigenvalue weighted by Crippen LogP contribution is 2.44. The number of aliphatic hydroxyl groups is 2. The second-order valence-corrected chi connectivity index (χ2v) is 8.22. The molecule has 182 valence electrons. The summed E-state index contributed by atoms with van der Waals surface area (Å²) in [6, 6.07) is 17.9. The Labute approximate surface area is 199 Å². The Hall–Kier alpha value is -3.69. The third-order valence-electron chi connectivity index (χ3n) is 5.95. The number of carbonyl (C=O) groups excluding carboxylic acids is 2. The molecule has 4 rings (SSSR count). The zero-order chi connectivity index (χ0) is 25.2. The number of rotatable bonds is 7. The Balaban J connectivity index is 1.37. The number of benzene rings is 3. The van der Waals surface area contributed by atoms with Gasteiger partial charge in [0.2, 0.25) is 0 Å². The predicted molar refractivity (Wildman–Crippen MR) is 121 cm³/mol. The molecule has 6 nitrogen and oxygen atoms in total. The van der Waals surface area contributed by atoms with E-state index in [-0.39, 0.29) is 29.9 Å². The van der Waals surface area contributed by atoms with Gasteiger partial charge in [-0.3, -0.25) is 4.79 Å². The van der Waals surface area contributed by atoms with Crippen molar-refractivity contribution in [1.82, 2.24) is 5.32 Å². The summed E-state index contributed by atoms with van der Waals surface area (Å²) in [6.07, 6.45) is -8.79. The lowest BCUT2D eigenvalue weighted by atomic mass is 9.98. The minimum absolute atomic E-state index is 0.0365. The third-order valence-corrected chi connectivity index (χ3v) is 5.95. The Morgan fingerprint density at radius 1 is 1.00 bits per heavy atom. The van der Waals surface area contributed by atoms with Gasteiger partial charge in [0, 0.05) is 18.0 Å². The maximum Gasteiger partial charge on any atom is 0.416 e. The van der Waals surface area contributed by atoms with Crippen LogP contribution in [0.15, 0.2) is 66.7 Å². The molecule has 3 aromatic rings. The van der Waals surface area contributed by atoms with Crippen molar-refractivity contribution in [2.24, 2.45) is 0 Å². The summed E-state index contributed by atoms with van der Waals surface area (Å²) in [7, 11) is 0. The van der Waals surface area contributed by atoms with E-state index < -0.39 is 36.6 Å². The number of ether oxygens (including phenoxy) is 1. The van der Waals surface area contributed by atoms with Gasteiger partial charge >= 0.3 is 12.3 Å². The number of aldehydes is 1. The van der Waals surface area contributed by atoms with Crippen molar-refractivity contribution >= 4 is 12.4 Å². The fourth-order valence-corrected chi connectivity index (χ4v) is 4.25. The first-order valence-corrected chi connectivity index (χ1v) is 10.8. The second-order valence-electron chi connectivity index (χ2n) is 8.22. The van der Waals surface area contributed by atoms with E-state index in [2.05, 4.69) is 5.32 Å². The molecule has 2 unspecified atom stereocenters. The summed E-state index contributed by atoms with van der Waals surface area (Å²) in [4.78, 5) is 23.2. The average Bonchev–Trinajstić information content (AvgIpc) is 3.18. The highest BCUT2D eigenvalue weighted by molar-refractivity contribution is 5.79. The largest absolute Gasteiger partial charge is 0.449 e. The number of fused-ring (bicyclic) bond motifs is 3. The maximum atomic E-state index is 13.1. The van der Waals surface area contributed by atoms with Gasteiger partial charge in [-0.1, -0.05) is 48.5 Å². The van der Waals surface area contributed by atoms with Gasteiger partial charge in [-0.25, -0.2) is 4.79 Å². The van der Waals surface area contributed by atoms with Crippen LogP contribution in [-0.4, -0.2) is 41.8 Å². The van der Waals surface area contributed by atoms with E-state index in [1.807, 2.05) is 48.5 Å². The molecule has 0 saturated carbocycles. The van der Waals surface area contributed by atoms with Gasteiger partial charge in [-0.05, 0) is 46.0 Å². The fraction of sp³-hybridized carbons (Fsp3) is 0.231. The van der Waals surface area contributed by atoms with Crippen LogP contribution in [0, 0.1) is 0 Å². The normalized spacial score (nSPS) is 14.5. The zero-order valence-corrected chi connectivity index (χ0v) is 18.3. The lowest BCUT2D eigenvalue weighted by molar-refractivity contribution is -0.137. The van der Waals surface area contributed by atoms with Crippen LogP contribution < -0.4 is 5.32 Å². The molecule has 0 aliphatic heterocycles. The zero-order valence-electron chi connectivity index (χ0n) is 18.3. The Morgan fingerprint density at radius 2 is 1.60 bits per heavy atom. The summed E-state index contributed by atoms with van der Waals surface area (Å²) in [6.45, 7) is -0.445. The number of aliphatic hydroxyl groups excluding tert-OH is 2. The standard InChI is InChI=1S/C26H22F3NO5/c27-26(28,29)17-10-15(13-31)9-16(11-17)24(33)23(32)12-30-25(34)35-14-22-20-7-3-1-5-18(20)19-6-2-4-8-21(19)22/h1-11,13,22-24,32-33H,12,14H2,(H,30,34). The number of nitrogens with one attached hydrogen (secondary N) is 1. The van der Waals surface area contributed by atoms with Crippen LogP contribution in [0.25, 0.3) is 11.1 Å². The summed E-state index contributed by atoms with van der Waals surface area (Å²) in [5.41, 5.74) is 2.43. The predicted octanol–water partition coefficient (Wildman–Crippen LogP) is 4.45. The van der Waals surface area contributed by atoms with Crippen LogP contribution in [0.3, 0.4) is 0 Å². The van der Waals surface area contributed by atoms with Crippen LogP contribution in [0.4, 0.5) is 18.0 Å². The average molecular weight is 485 g/mol. The number of halogens is 3. The molecule has 3 aromatic carbocycles. The molecule has 1 aliphatic rings. The molecule has 3 N–H and O–H groups in total. The summed E-state index contributed by atoms with van der Waals surface area (Å²) in [5.74, 6) is -0.171. The summed E-state index contributed by atoms with van der Waals surface area (Å²) in [5, 5.41) is 22.9. The monoisotopic (exact) mass is 485 g/mol. The van der Waals surface area contributed by atoms with Gasteiger partial charge in [-0.15, -0.1) is 0 Å². The van der Waals surface area contributed by atoms with Crippen molar-refractivity contribution in [3.8, 4) is 11.1 Å². The van der Waals surface area contributed by atoms with Crippen LogP contribution in [-0.2, 0) is 10.9 Å². The number of alkyl carbamates (subject to hydrolysis) is 1. The van der Waals surface area contributed by atoms with E-state index in [1.54, 1.807) is 0 Å². The van der Waals surface area contributed by atoms with Gasteiger partial charge < -0.3 is 20.3 Å². The molecule has 0 radical (unpaired) electrons. The van der Waals surface area contributed by atoms with Crippen LogP contribution >= 0.6 is 0 Å². The minimum Gasteiger partial charge on any atom is -0.449 e. The smallest absolute Gasteiger partial charge is 0.416 e. The lowest BCUT2D eigenvalue weighted by Crippen LogP contribution is -2.36. The number of hydrogen-bond acceptors (Lipinski definition) is 5. The molecule has 9 heteroatoms. The molecular weight excluding hydrogens is 463 g/mol. The van der Waals surface area contributed by atoms with Crippen molar-refractivity contribution < 1.29 is 37.7 Å². The molecule has 0 heterocycles. The van der Waals surface area contributed by atoms with Gasteiger partial charge in [0.25, 0.3) is 0 Å². The van der Waals surface area contributed by atoms with E-state index >= 15 is 0 Å². The Morgan fingerprint density at radius 3 is 2.17 bits per heavy atom. The molecule has 0 aromatic heterocycles. The van der Waals surface area contributed by atoms with Crippen LogP contribution in [0.2, 0.25) is 0 Å². The molecule has 1 amide bonds. The van der Waals surface area contributed by atoms with Gasteiger partial charge in [0.1, 0.15) is 25.1 Å². The maximum absolute atomic E-state index is 13.1. The van der Waals surface area contributed by atoms with Crippen molar-refractivity contribution in [3.05, 3.63) is 94.5 Å². The van der Waals surface area contributed by atoms with Crippen LogP contribution in [0.1, 0.15) is 44.6 Å². The van der Waals surface area contributed by atoms with E-state index in [1.165, 1.54) is 0 Å². The van der Waals surface area contributed by atoms with Gasteiger partial charge in [0.15, 0.2) is 0 Å². The number of hydrogen-bond donors (Lipinski definition) is 3. The van der Waals surface area contributed by atoms with Crippen molar-refractivity contribution in [3.63, 3.8) is 0 Å². The van der Waals surface area contributed by atoms with Crippen molar-refractivity contribution in [1.29, 1.82) is 0 Å². The minimum atomic E-state index is -4.74. The molecular formula is C26H22F3NO5. The molecule has 0 fully saturated rings. The highest BCUT2D eigenvalue weighted by atomic mass is 19.4. The molecule has 0 spiro atoms. The summed E-state index contributed by atoms with van der Waals surface area (Å²) >= 11 is 0. The highest BCUT2D eigenvalue weighted by Gasteiger charge is 2.33. The van der Waals surface area contributed by atoms with E-state index in [0.29, 0.717) is 12.1 Å². The SMILES string of the molecule is O=Cc1cc(C(O)C(O)CNC(=O)OCC2c3ccccc3-c3ccccc32)cc(C(F)(F)F)c1. The molecule has 0 saturated heterocycles. The molecule has 0 bridgehead atoms. The molecule has 2 atom stereocenters. The third kappa shape index (κ3) is 5.21. The second kappa shape index (κ2) is 9.89. The van der Waals surface area contributed by atoms with E-state index in [9.17, 15) is 33.0 Å². The first kappa shape index (κ1) is 24.4. The topological polar surface area (TPSA) is 95.9 Å². The van der Waals surface area contributed by atoms with Gasteiger partial charge in [0.05, 0.1) is 5.56 Å². The van der Waals surface area contributed by atoms with Crippen molar-refractivity contribution in [2.45, 2.75) is 24.3 Å². The van der Waals surface area contributed by atoms with Crippen LogP contribution in [0.5, 0.6) is 0 Å². The van der Waals surface area contributed by atoms with E-state index in [4.69, 9.17) is 4.74 Å². The first-order valence-electron chi connectivity index (χ1n) is 10.8. The molecule has 1 aliphatic carbocycles. The number of alkyl halides is 3. The Bertz CT molecular complexity index is 1200. The molecule has 35 heavy (non-hydrogen) atoms. The van der Waals surface area contributed by atoms with E-state index in [0.717, 1.165) is 28.3 Å². The lowest BCUT2D eigenvalue weighted by Gasteiger charge is -2.20. The van der Waals surface area contributed by atoms with Crippen molar-refractivity contribution in [2.75, 3.05) is 13.2 Å². The van der Waals surface area contributed by atoms with Gasteiger partial charge in [-0.2, -0.15) is 13.2 Å².